The number of rotatable bonds is 4. The van der Waals surface area contributed by atoms with Gasteiger partial charge in [-0.2, -0.15) is 13.2 Å². The Morgan fingerprint density at radius 3 is 2.47 bits per heavy atom. The molecule has 0 fully saturated rings. The number of carbonyl (C=O) groups excluding carboxylic acids is 1. The predicted molar refractivity (Wildman–Crippen MR) is 67.4 cm³/mol. The molecule has 9 heteroatoms. The van der Waals surface area contributed by atoms with E-state index in [4.69, 9.17) is 0 Å². The maximum Gasteiger partial charge on any atom is 0.446 e. The number of halogens is 4. The van der Waals surface area contributed by atoms with E-state index in [1.54, 1.807) is 0 Å². The molecule has 4 nitrogen and oxygen atoms in total. The quantitative estimate of drug-likeness (QED) is 0.350. The monoisotopic (exact) mass is 357 g/mol. The van der Waals surface area contributed by atoms with Crippen LogP contribution in [0, 0.1) is 10.1 Å². The third-order valence-corrected chi connectivity index (χ3v) is 4.09. The van der Waals surface area contributed by atoms with Gasteiger partial charge in [0.2, 0.25) is 0 Å². The molecule has 0 aliphatic rings. The Balaban J connectivity index is 3.42. The van der Waals surface area contributed by atoms with Crippen LogP contribution in [0.15, 0.2) is 23.1 Å². The van der Waals surface area contributed by atoms with E-state index in [2.05, 4.69) is 15.9 Å². The van der Waals surface area contributed by atoms with E-state index in [9.17, 15) is 28.1 Å². The number of ketones is 1. The van der Waals surface area contributed by atoms with Gasteiger partial charge >= 0.3 is 5.51 Å². The molecule has 1 unspecified atom stereocenters. The Labute approximate surface area is 118 Å². The van der Waals surface area contributed by atoms with Crippen LogP contribution < -0.4 is 0 Å². The molecule has 104 valence electrons. The smallest absolute Gasteiger partial charge is 0.298 e. The lowest BCUT2D eigenvalue weighted by molar-refractivity contribution is -0.387. The van der Waals surface area contributed by atoms with E-state index in [0.29, 0.717) is 0 Å². The second-order valence-electron chi connectivity index (χ2n) is 3.47. The minimum atomic E-state index is -4.68. The Morgan fingerprint density at radius 1 is 1.47 bits per heavy atom. The first-order valence-corrected chi connectivity index (χ1v) is 6.54. The summed E-state index contributed by atoms with van der Waals surface area (Å²) in [5.41, 5.74) is -5.42. The van der Waals surface area contributed by atoms with Crippen molar-refractivity contribution in [3.63, 3.8) is 0 Å². The molecule has 0 amide bonds. The van der Waals surface area contributed by atoms with Crippen molar-refractivity contribution in [3.8, 4) is 0 Å². The van der Waals surface area contributed by atoms with Gasteiger partial charge in [0.1, 0.15) is 5.78 Å². The van der Waals surface area contributed by atoms with Gasteiger partial charge in [-0.15, -0.1) is 0 Å². The van der Waals surface area contributed by atoms with Crippen molar-refractivity contribution >= 4 is 39.2 Å². The van der Waals surface area contributed by atoms with Crippen molar-refractivity contribution in [3.05, 3.63) is 33.9 Å². The summed E-state index contributed by atoms with van der Waals surface area (Å²) in [6, 6.07) is 3.46. The third-order valence-electron chi connectivity index (χ3n) is 2.07. The van der Waals surface area contributed by atoms with Gasteiger partial charge in [-0.1, -0.05) is 28.1 Å². The maximum absolute atomic E-state index is 12.5. The van der Waals surface area contributed by atoms with Crippen LogP contribution in [0.1, 0.15) is 17.3 Å². The summed E-state index contributed by atoms with van der Waals surface area (Å²) in [6.07, 6.45) is 0. The summed E-state index contributed by atoms with van der Waals surface area (Å²) in [6.45, 7) is 1.18. The van der Waals surface area contributed by atoms with Crippen molar-refractivity contribution < 1.29 is 22.9 Å². The van der Waals surface area contributed by atoms with Crippen molar-refractivity contribution in [2.24, 2.45) is 0 Å². The second kappa shape index (κ2) is 5.91. The van der Waals surface area contributed by atoms with Gasteiger partial charge < -0.3 is 0 Å². The molecule has 0 radical (unpaired) electrons. The zero-order chi connectivity index (χ0) is 14.8. The van der Waals surface area contributed by atoms with Crippen molar-refractivity contribution in [1.82, 2.24) is 0 Å². The molecule has 19 heavy (non-hydrogen) atoms. The maximum atomic E-state index is 12.5. The Hall–Kier alpha value is -1.09. The average molecular weight is 358 g/mol. The van der Waals surface area contributed by atoms with Gasteiger partial charge in [-0.05, 0) is 24.2 Å². The Bertz CT molecular complexity index is 521. The van der Waals surface area contributed by atoms with Crippen LogP contribution in [0.3, 0.4) is 0 Å². The molecule has 0 aliphatic heterocycles. The van der Waals surface area contributed by atoms with E-state index >= 15 is 0 Å². The number of thioether (sulfide) groups is 1. The highest BCUT2D eigenvalue weighted by atomic mass is 79.9. The van der Waals surface area contributed by atoms with Crippen LogP contribution in [0.25, 0.3) is 0 Å². The first kappa shape index (κ1) is 16.0. The van der Waals surface area contributed by atoms with Crippen LogP contribution in [-0.2, 0) is 4.79 Å². The fourth-order valence-electron chi connectivity index (χ4n) is 1.33. The highest BCUT2D eigenvalue weighted by Gasteiger charge is 2.36. The molecule has 1 aromatic rings. The molecule has 0 aliphatic carbocycles. The van der Waals surface area contributed by atoms with Gasteiger partial charge in [-0.25, -0.2) is 0 Å². The molecular weight excluding hydrogens is 351 g/mol. The van der Waals surface area contributed by atoms with E-state index in [-0.39, 0.29) is 5.56 Å². The lowest BCUT2D eigenvalue weighted by atomic mass is 10.1. The Morgan fingerprint density at radius 2 is 2.05 bits per heavy atom. The minimum absolute atomic E-state index is 0.0657. The topological polar surface area (TPSA) is 60.2 Å². The van der Waals surface area contributed by atoms with Gasteiger partial charge in [0.25, 0.3) is 5.69 Å². The fourth-order valence-corrected chi connectivity index (χ4v) is 2.65. The number of hydrogen-bond acceptors (Lipinski definition) is 4. The largest absolute Gasteiger partial charge is 0.446 e. The lowest BCUT2D eigenvalue weighted by Gasteiger charge is -2.13. The van der Waals surface area contributed by atoms with E-state index in [1.807, 2.05) is 0 Å². The summed E-state index contributed by atoms with van der Waals surface area (Å²) >= 11 is 2.34. The van der Waals surface area contributed by atoms with E-state index in [0.717, 1.165) is 6.07 Å². The van der Waals surface area contributed by atoms with Crippen LogP contribution in [0.2, 0.25) is 0 Å². The molecule has 0 spiro atoms. The number of benzene rings is 1. The fraction of sp³-hybridized carbons (Fsp3) is 0.300. The van der Waals surface area contributed by atoms with Gasteiger partial charge in [0.05, 0.1) is 14.6 Å². The molecule has 1 atom stereocenters. The van der Waals surface area contributed by atoms with Gasteiger partial charge in [0.15, 0.2) is 0 Å². The van der Waals surface area contributed by atoms with Crippen LogP contribution in [-0.4, -0.2) is 16.2 Å². The summed E-state index contributed by atoms with van der Waals surface area (Å²) in [5.74, 6) is -0.440. The van der Waals surface area contributed by atoms with Gasteiger partial charge in [0, 0.05) is 6.07 Å². The summed E-state index contributed by atoms with van der Waals surface area (Å²) in [4.78, 5) is 19.5. The Kier molecular flexibility index (Phi) is 4.97. The van der Waals surface area contributed by atoms with Crippen LogP contribution in [0.4, 0.5) is 18.9 Å². The van der Waals surface area contributed by atoms with E-state index in [1.165, 1.54) is 19.1 Å². The summed E-state index contributed by atoms with van der Waals surface area (Å²) in [7, 11) is 0. The van der Waals surface area contributed by atoms with Crippen LogP contribution >= 0.6 is 27.7 Å². The number of Topliss-reactive ketones (excluding diaryl/α,β-unsaturated/α-hetero) is 1. The van der Waals surface area contributed by atoms with Crippen molar-refractivity contribution in [1.29, 1.82) is 0 Å². The molecule has 0 heterocycles. The summed E-state index contributed by atoms with van der Waals surface area (Å²) in [5, 5.41) is 10.8. The number of nitro groups is 1. The first-order chi connectivity index (χ1) is 8.63. The van der Waals surface area contributed by atoms with Crippen LogP contribution in [0.5, 0.6) is 0 Å². The average Bonchev–Trinajstić information content (AvgIpc) is 2.25. The highest BCUT2D eigenvalue weighted by molar-refractivity contribution is 9.09. The molecule has 1 rings (SSSR count). The molecule has 0 saturated heterocycles. The van der Waals surface area contributed by atoms with Gasteiger partial charge in [-0.3, -0.25) is 14.9 Å². The zero-order valence-corrected chi connectivity index (χ0v) is 11.8. The first-order valence-electron chi connectivity index (χ1n) is 4.81. The predicted octanol–water partition coefficient (Wildman–Crippen LogP) is 4.23. The highest BCUT2D eigenvalue weighted by Crippen LogP contribution is 2.46. The number of nitrogens with zero attached hydrogens (tertiary/aromatic N) is 1. The van der Waals surface area contributed by atoms with Crippen molar-refractivity contribution in [2.45, 2.75) is 22.2 Å². The number of alkyl halides is 4. The number of carbonyl (C=O) groups is 1. The molecule has 0 bridgehead atoms. The number of hydrogen-bond donors (Lipinski definition) is 0. The van der Waals surface area contributed by atoms with E-state index < -0.39 is 43.4 Å². The summed E-state index contributed by atoms with van der Waals surface area (Å²) < 4.78 is 37.4. The molecular formula is C10H7BrF3NO3S. The molecule has 0 aromatic heterocycles. The standard InChI is InChI=1S/C10H7BrF3NO3S/c1-5(16)8(11)6-3-2-4-7(15(17)18)9(6)19-10(12,13)14/h2-4,8H,1H3. The minimum Gasteiger partial charge on any atom is -0.298 e. The molecule has 0 N–H and O–H groups in total. The third kappa shape index (κ3) is 4.20. The SMILES string of the molecule is CC(=O)C(Br)c1cccc([N+](=O)[O-])c1SC(F)(F)F. The molecule has 1 aromatic carbocycles. The number of nitro benzene ring substituents is 1. The zero-order valence-electron chi connectivity index (χ0n) is 9.40. The lowest BCUT2D eigenvalue weighted by Crippen LogP contribution is -2.08. The normalized spacial score (nSPS) is 13.1. The second-order valence-corrected chi connectivity index (χ2v) is 5.46. The van der Waals surface area contributed by atoms with Crippen molar-refractivity contribution in [2.75, 3.05) is 0 Å². The molecule has 0 saturated carbocycles.